The number of nitrogens with one attached hydrogen (secondary N) is 1. The van der Waals surface area contributed by atoms with E-state index in [1.165, 1.54) is 10.5 Å². The van der Waals surface area contributed by atoms with E-state index in [0.717, 1.165) is 25.8 Å². The molecule has 0 fully saturated rings. The normalized spacial score (nSPS) is 18.6. The second-order valence-corrected chi connectivity index (χ2v) is 3.72. The first-order valence-electron chi connectivity index (χ1n) is 3.80. The number of aldehydes is 1. The minimum Gasteiger partial charge on any atom is -0.313 e. The van der Waals surface area contributed by atoms with Gasteiger partial charge < -0.3 is 10.1 Å². The Hall–Kier alpha value is -0.280. The van der Waals surface area contributed by atoms with Crippen molar-refractivity contribution >= 4 is 18.0 Å². The summed E-state index contributed by atoms with van der Waals surface area (Å²) in [6.45, 7) is 4.17. The van der Waals surface area contributed by atoms with E-state index < -0.39 is 0 Å². The summed E-state index contributed by atoms with van der Waals surface area (Å²) >= 11 is 1.68. The Morgan fingerprint density at radius 2 is 2.55 bits per heavy atom. The fraction of sp³-hybridized carbons (Fsp3) is 0.625. The SMILES string of the molecule is CC1=C(SCC=O)CCNC1. The zero-order valence-corrected chi connectivity index (χ0v) is 7.54. The van der Waals surface area contributed by atoms with Crippen molar-refractivity contribution in [1.82, 2.24) is 5.32 Å². The number of carbonyl (C=O) groups excluding carboxylic acids is 1. The number of rotatable bonds is 3. The van der Waals surface area contributed by atoms with Crippen LogP contribution in [0.4, 0.5) is 0 Å². The maximum Gasteiger partial charge on any atom is 0.130 e. The van der Waals surface area contributed by atoms with Gasteiger partial charge in [-0.05, 0) is 30.4 Å². The van der Waals surface area contributed by atoms with Crippen LogP contribution >= 0.6 is 11.8 Å². The van der Waals surface area contributed by atoms with Crippen LogP contribution in [0.2, 0.25) is 0 Å². The molecule has 0 aliphatic carbocycles. The minimum atomic E-state index is 0.604. The fourth-order valence-corrected chi connectivity index (χ4v) is 1.95. The van der Waals surface area contributed by atoms with Gasteiger partial charge in [-0.3, -0.25) is 0 Å². The molecule has 62 valence electrons. The third kappa shape index (κ3) is 2.67. The third-order valence-electron chi connectivity index (χ3n) is 1.72. The number of hydrogen-bond acceptors (Lipinski definition) is 3. The van der Waals surface area contributed by atoms with Crippen molar-refractivity contribution in [3.63, 3.8) is 0 Å². The van der Waals surface area contributed by atoms with Gasteiger partial charge in [-0.2, -0.15) is 0 Å². The molecule has 1 rings (SSSR count). The largest absolute Gasteiger partial charge is 0.313 e. The molecule has 0 aromatic carbocycles. The summed E-state index contributed by atoms with van der Waals surface area (Å²) in [5, 5.41) is 3.28. The first kappa shape index (κ1) is 8.81. The Morgan fingerprint density at radius 1 is 1.73 bits per heavy atom. The Kier molecular flexibility index (Phi) is 3.66. The average molecular weight is 171 g/mol. The highest BCUT2D eigenvalue weighted by molar-refractivity contribution is 8.03. The molecule has 1 aliphatic heterocycles. The Balaban J connectivity index is 2.45. The van der Waals surface area contributed by atoms with Crippen molar-refractivity contribution in [3.8, 4) is 0 Å². The van der Waals surface area contributed by atoms with E-state index in [2.05, 4.69) is 12.2 Å². The van der Waals surface area contributed by atoms with Gasteiger partial charge in [-0.1, -0.05) is 0 Å². The highest BCUT2D eigenvalue weighted by atomic mass is 32.2. The van der Waals surface area contributed by atoms with Crippen LogP contribution in [0.25, 0.3) is 0 Å². The maximum absolute atomic E-state index is 10.1. The summed E-state index contributed by atoms with van der Waals surface area (Å²) < 4.78 is 0. The highest BCUT2D eigenvalue weighted by Gasteiger charge is 2.07. The summed E-state index contributed by atoms with van der Waals surface area (Å²) in [6, 6.07) is 0. The zero-order chi connectivity index (χ0) is 8.10. The second kappa shape index (κ2) is 4.57. The van der Waals surface area contributed by atoms with Crippen molar-refractivity contribution in [1.29, 1.82) is 0 Å². The molecule has 2 nitrogen and oxygen atoms in total. The van der Waals surface area contributed by atoms with E-state index in [0.29, 0.717) is 5.75 Å². The lowest BCUT2D eigenvalue weighted by Crippen LogP contribution is -2.23. The lowest BCUT2D eigenvalue weighted by Gasteiger charge is -2.17. The molecule has 0 spiro atoms. The maximum atomic E-state index is 10.1. The molecule has 1 heterocycles. The monoisotopic (exact) mass is 171 g/mol. The van der Waals surface area contributed by atoms with Crippen LogP contribution in [0.3, 0.4) is 0 Å². The average Bonchev–Trinajstić information content (AvgIpc) is 2.03. The molecular formula is C8H13NOS. The van der Waals surface area contributed by atoms with Crippen molar-refractivity contribution in [2.24, 2.45) is 0 Å². The molecule has 1 aliphatic rings. The van der Waals surface area contributed by atoms with Gasteiger partial charge in [0.25, 0.3) is 0 Å². The van der Waals surface area contributed by atoms with E-state index in [1.807, 2.05) is 0 Å². The van der Waals surface area contributed by atoms with Crippen LogP contribution in [0.5, 0.6) is 0 Å². The summed E-state index contributed by atoms with van der Waals surface area (Å²) in [5.74, 6) is 0.604. The predicted molar refractivity (Wildman–Crippen MR) is 48.7 cm³/mol. The number of thioether (sulfide) groups is 1. The lowest BCUT2D eigenvalue weighted by atomic mass is 10.2. The third-order valence-corrected chi connectivity index (χ3v) is 2.92. The molecule has 0 saturated carbocycles. The zero-order valence-electron chi connectivity index (χ0n) is 6.72. The molecule has 0 aromatic rings. The van der Waals surface area contributed by atoms with E-state index >= 15 is 0 Å². The second-order valence-electron chi connectivity index (χ2n) is 2.61. The summed E-state index contributed by atoms with van der Waals surface area (Å²) in [5.41, 5.74) is 1.39. The number of hydrogen-bond donors (Lipinski definition) is 1. The van der Waals surface area contributed by atoms with Crippen LogP contribution < -0.4 is 5.32 Å². The molecule has 0 radical (unpaired) electrons. The highest BCUT2D eigenvalue weighted by Crippen LogP contribution is 2.23. The molecule has 0 saturated heterocycles. The van der Waals surface area contributed by atoms with Crippen molar-refractivity contribution in [2.45, 2.75) is 13.3 Å². The van der Waals surface area contributed by atoms with Gasteiger partial charge in [0, 0.05) is 6.54 Å². The smallest absolute Gasteiger partial charge is 0.130 e. The molecule has 0 atom stereocenters. The molecular weight excluding hydrogens is 158 g/mol. The van der Waals surface area contributed by atoms with Crippen molar-refractivity contribution < 1.29 is 4.79 Å². The summed E-state index contributed by atoms with van der Waals surface area (Å²) in [6.07, 6.45) is 2.05. The molecule has 0 amide bonds. The molecule has 0 aromatic heterocycles. The number of carbonyl (C=O) groups is 1. The van der Waals surface area contributed by atoms with Gasteiger partial charge in [0.15, 0.2) is 0 Å². The molecule has 0 bridgehead atoms. The van der Waals surface area contributed by atoms with E-state index in [4.69, 9.17) is 0 Å². The van der Waals surface area contributed by atoms with E-state index in [9.17, 15) is 4.79 Å². The van der Waals surface area contributed by atoms with E-state index in [1.54, 1.807) is 11.8 Å². The van der Waals surface area contributed by atoms with Gasteiger partial charge in [-0.25, -0.2) is 0 Å². The van der Waals surface area contributed by atoms with Crippen LogP contribution in [0.1, 0.15) is 13.3 Å². The van der Waals surface area contributed by atoms with Crippen molar-refractivity contribution in [2.75, 3.05) is 18.8 Å². The summed E-state index contributed by atoms with van der Waals surface area (Å²) in [7, 11) is 0. The van der Waals surface area contributed by atoms with Crippen LogP contribution in [0.15, 0.2) is 10.5 Å². The topological polar surface area (TPSA) is 29.1 Å². The predicted octanol–water partition coefficient (Wildman–Crippen LogP) is 1.19. The van der Waals surface area contributed by atoms with Gasteiger partial charge in [0.2, 0.25) is 0 Å². The van der Waals surface area contributed by atoms with Gasteiger partial charge in [0.1, 0.15) is 6.29 Å². The van der Waals surface area contributed by atoms with Crippen LogP contribution in [-0.2, 0) is 4.79 Å². The standard InChI is InChI=1S/C8H13NOS/c1-7-6-9-3-2-8(7)11-5-4-10/h4,9H,2-3,5-6H2,1H3. The van der Waals surface area contributed by atoms with Gasteiger partial charge >= 0.3 is 0 Å². The Labute approximate surface area is 71.4 Å². The minimum absolute atomic E-state index is 0.604. The van der Waals surface area contributed by atoms with Gasteiger partial charge in [0.05, 0.1) is 5.75 Å². The first-order valence-corrected chi connectivity index (χ1v) is 4.79. The molecule has 11 heavy (non-hydrogen) atoms. The van der Waals surface area contributed by atoms with Gasteiger partial charge in [-0.15, -0.1) is 11.8 Å². The molecule has 1 N–H and O–H groups in total. The summed E-state index contributed by atoms with van der Waals surface area (Å²) in [4.78, 5) is 11.5. The van der Waals surface area contributed by atoms with E-state index in [-0.39, 0.29) is 0 Å². The van der Waals surface area contributed by atoms with Crippen LogP contribution in [0, 0.1) is 0 Å². The molecule has 0 unspecified atom stereocenters. The van der Waals surface area contributed by atoms with Crippen LogP contribution in [-0.4, -0.2) is 25.1 Å². The Bertz CT molecular complexity index is 177. The lowest BCUT2D eigenvalue weighted by molar-refractivity contribution is -0.105. The molecule has 3 heteroatoms. The quantitative estimate of drug-likeness (QED) is 0.647. The van der Waals surface area contributed by atoms with Crippen molar-refractivity contribution in [3.05, 3.63) is 10.5 Å². The fourth-order valence-electron chi connectivity index (χ4n) is 1.12. The Morgan fingerprint density at radius 3 is 3.18 bits per heavy atom. The first-order chi connectivity index (χ1) is 5.34.